The van der Waals surface area contributed by atoms with Crippen LogP contribution in [-0.4, -0.2) is 16.9 Å². The first-order valence-corrected chi connectivity index (χ1v) is 3.97. The molecule has 64 valence electrons. The van der Waals surface area contributed by atoms with Crippen LogP contribution in [0.1, 0.15) is 27.0 Å². The first-order valence-electron chi connectivity index (χ1n) is 3.16. The molecule has 1 heterocycles. The lowest BCUT2D eigenvalue weighted by molar-refractivity contribution is 0.0698. The Kier molecular flexibility index (Phi) is 2.14. The second-order valence-electron chi connectivity index (χ2n) is 2.25. The van der Waals surface area contributed by atoms with Gasteiger partial charge in [0.1, 0.15) is 5.00 Å². The van der Waals surface area contributed by atoms with E-state index in [1.54, 1.807) is 0 Å². The van der Waals surface area contributed by atoms with Crippen LogP contribution in [0, 0.1) is 0 Å². The molecule has 4 nitrogen and oxygen atoms in total. The number of aromatic carboxylic acids is 1. The van der Waals surface area contributed by atoms with Gasteiger partial charge in [0.05, 0.1) is 10.4 Å². The molecule has 12 heavy (non-hydrogen) atoms. The zero-order valence-corrected chi connectivity index (χ0v) is 7.14. The standard InChI is InChI=1S/C7H7NO3S/c1-3(9)5-2-4(7(10)11)6(8)12-5/h2H,8H2,1H3,(H,10,11). The number of hydrogen-bond donors (Lipinski definition) is 2. The monoisotopic (exact) mass is 185 g/mol. The Bertz CT molecular complexity index is 342. The van der Waals surface area contributed by atoms with Crippen molar-refractivity contribution >= 4 is 28.1 Å². The molecule has 1 aromatic rings. The van der Waals surface area contributed by atoms with Crippen LogP contribution in [0.5, 0.6) is 0 Å². The Labute approximate surface area is 72.6 Å². The minimum atomic E-state index is -1.10. The zero-order chi connectivity index (χ0) is 9.30. The predicted molar refractivity (Wildman–Crippen MR) is 45.7 cm³/mol. The maximum atomic E-state index is 10.8. The Morgan fingerprint density at radius 1 is 1.58 bits per heavy atom. The van der Waals surface area contributed by atoms with Gasteiger partial charge in [-0.3, -0.25) is 4.79 Å². The van der Waals surface area contributed by atoms with Crippen molar-refractivity contribution < 1.29 is 14.7 Å². The Morgan fingerprint density at radius 2 is 2.17 bits per heavy atom. The first-order chi connectivity index (χ1) is 5.52. The molecule has 0 amide bonds. The summed E-state index contributed by atoms with van der Waals surface area (Å²) < 4.78 is 0. The third-order valence-electron chi connectivity index (χ3n) is 1.34. The maximum Gasteiger partial charge on any atom is 0.338 e. The van der Waals surface area contributed by atoms with Crippen LogP contribution in [0.4, 0.5) is 5.00 Å². The normalized spacial score (nSPS) is 9.75. The molecule has 0 saturated carbocycles. The van der Waals surface area contributed by atoms with Crippen LogP contribution in [0.15, 0.2) is 6.07 Å². The smallest absolute Gasteiger partial charge is 0.338 e. The van der Waals surface area contributed by atoms with Gasteiger partial charge in [0.2, 0.25) is 0 Å². The fraction of sp³-hybridized carbons (Fsp3) is 0.143. The predicted octanol–water partition coefficient (Wildman–Crippen LogP) is 1.23. The van der Waals surface area contributed by atoms with E-state index in [4.69, 9.17) is 10.8 Å². The lowest BCUT2D eigenvalue weighted by Gasteiger charge is -1.86. The topological polar surface area (TPSA) is 80.4 Å². The largest absolute Gasteiger partial charge is 0.478 e. The molecular weight excluding hydrogens is 178 g/mol. The Balaban J connectivity index is 3.17. The van der Waals surface area contributed by atoms with Crippen molar-refractivity contribution in [3.8, 4) is 0 Å². The minimum absolute atomic E-state index is 0.00481. The molecule has 3 N–H and O–H groups in total. The number of hydrogen-bond acceptors (Lipinski definition) is 4. The number of nitrogen functional groups attached to an aromatic ring is 1. The molecule has 0 unspecified atom stereocenters. The highest BCUT2D eigenvalue weighted by molar-refractivity contribution is 7.18. The van der Waals surface area contributed by atoms with Gasteiger partial charge in [0.25, 0.3) is 0 Å². The van der Waals surface area contributed by atoms with Gasteiger partial charge in [0, 0.05) is 0 Å². The summed E-state index contributed by atoms with van der Waals surface area (Å²) >= 11 is 0.998. The van der Waals surface area contributed by atoms with Gasteiger partial charge >= 0.3 is 5.97 Å². The molecule has 0 radical (unpaired) electrons. The molecule has 0 atom stereocenters. The Hall–Kier alpha value is -1.36. The molecule has 1 rings (SSSR count). The summed E-state index contributed by atoms with van der Waals surface area (Å²) in [5.74, 6) is -1.27. The van der Waals surface area contributed by atoms with E-state index >= 15 is 0 Å². The summed E-state index contributed by atoms with van der Waals surface area (Å²) in [7, 11) is 0. The number of carbonyl (C=O) groups excluding carboxylic acids is 1. The molecule has 5 heteroatoms. The van der Waals surface area contributed by atoms with Crippen molar-refractivity contribution in [1.82, 2.24) is 0 Å². The maximum absolute atomic E-state index is 10.8. The van der Waals surface area contributed by atoms with Crippen LogP contribution < -0.4 is 5.73 Å². The molecule has 0 spiro atoms. The number of carbonyl (C=O) groups is 2. The highest BCUT2D eigenvalue weighted by atomic mass is 32.1. The molecule has 0 bridgehead atoms. The number of anilines is 1. The van der Waals surface area contributed by atoms with E-state index in [-0.39, 0.29) is 16.3 Å². The molecule has 0 saturated heterocycles. The fourth-order valence-electron chi connectivity index (χ4n) is 0.746. The van der Waals surface area contributed by atoms with Gasteiger partial charge in [-0.15, -0.1) is 11.3 Å². The third kappa shape index (κ3) is 1.45. The molecular formula is C7H7NO3S. The van der Waals surface area contributed by atoms with Crippen LogP contribution >= 0.6 is 11.3 Å². The highest BCUT2D eigenvalue weighted by Crippen LogP contribution is 2.24. The molecule has 1 aromatic heterocycles. The van der Waals surface area contributed by atoms with Crippen molar-refractivity contribution in [3.05, 3.63) is 16.5 Å². The van der Waals surface area contributed by atoms with E-state index in [2.05, 4.69) is 0 Å². The molecule has 0 aliphatic heterocycles. The number of nitrogens with two attached hydrogens (primary N) is 1. The second kappa shape index (κ2) is 2.94. The van der Waals surface area contributed by atoms with Crippen LogP contribution in [0.25, 0.3) is 0 Å². The van der Waals surface area contributed by atoms with Gasteiger partial charge in [-0.2, -0.15) is 0 Å². The van der Waals surface area contributed by atoms with Gasteiger partial charge in [-0.05, 0) is 13.0 Å². The van der Waals surface area contributed by atoms with Crippen molar-refractivity contribution in [2.75, 3.05) is 5.73 Å². The summed E-state index contributed by atoms with van der Waals surface area (Å²) in [5.41, 5.74) is 5.37. The SMILES string of the molecule is CC(=O)c1cc(C(=O)O)c(N)s1. The summed E-state index contributed by atoms with van der Waals surface area (Å²) in [6.45, 7) is 1.37. The minimum Gasteiger partial charge on any atom is -0.478 e. The van der Waals surface area contributed by atoms with E-state index in [1.165, 1.54) is 13.0 Å². The van der Waals surface area contributed by atoms with Gasteiger partial charge in [0.15, 0.2) is 5.78 Å². The van der Waals surface area contributed by atoms with Crippen molar-refractivity contribution in [2.24, 2.45) is 0 Å². The van der Waals surface area contributed by atoms with Gasteiger partial charge in [-0.1, -0.05) is 0 Å². The first kappa shape index (κ1) is 8.73. The summed E-state index contributed by atoms with van der Waals surface area (Å²) in [6.07, 6.45) is 0. The summed E-state index contributed by atoms with van der Waals surface area (Å²) in [6, 6.07) is 1.30. The van der Waals surface area contributed by atoms with Crippen molar-refractivity contribution in [1.29, 1.82) is 0 Å². The third-order valence-corrected chi connectivity index (χ3v) is 2.40. The quantitative estimate of drug-likeness (QED) is 0.679. The second-order valence-corrected chi connectivity index (χ2v) is 3.33. The lowest BCUT2D eigenvalue weighted by Crippen LogP contribution is -1.97. The van der Waals surface area contributed by atoms with E-state index in [1.807, 2.05) is 0 Å². The van der Waals surface area contributed by atoms with E-state index < -0.39 is 5.97 Å². The summed E-state index contributed by atoms with van der Waals surface area (Å²) in [5, 5.41) is 8.75. The number of ketones is 1. The number of carboxylic acids is 1. The average molecular weight is 185 g/mol. The van der Waals surface area contributed by atoms with E-state index in [9.17, 15) is 9.59 Å². The van der Waals surface area contributed by atoms with Gasteiger partial charge in [-0.25, -0.2) is 4.79 Å². The zero-order valence-electron chi connectivity index (χ0n) is 6.33. The van der Waals surface area contributed by atoms with Crippen molar-refractivity contribution in [3.63, 3.8) is 0 Å². The van der Waals surface area contributed by atoms with Gasteiger partial charge < -0.3 is 10.8 Å². The van der Waals surface area contributed by atoms with Crippen LogP contribution in [-0.2, 0) is 0 Å². The van der Waals surface area contributed by atoms with Crippen molar-refractivity contribution in [2.45, 2.75) is 6.92 Å². The Morgan fingerprint density at radius 3 is 2.42 bits per heavy atom. The van der Waals surface area contributed by atoms with E-state index in [0.717, 1.165) is 11.3 Å². The summed E-state index contributed by atoms with van der Waals surface area (Å²) in [4.78, 5) is 21.6. The van der Waals surface area contributed by atoms with Crippen LogP contribution in [0.2, 0.25) is 0 Å². The average Bonchev–Trinajstić information content (AvgIpc) is 2.30. The van der Waals surface area contributed by atoms with E-state index in [0.29, 0.717) is 4.88 Å². The lowest BCUT2D eigenvalue weighted by atomic mass is 10.2. The molecule has 0 aromatic carbocycles. The highest BCUT2D eigenvalue weighted by Gasteiger charge is 2.14. The molecule has 0 aliphatic rings. The molecule has 0 aliphatic carbocycles. The number of Topliss-reactive ketones (excluding diaryl/α,β-unsaturated/α-hetero) is 1. The fourth-order valence-corrected chi connectivity index (χ4v) is 1.56. The number of rotatable bonds is 2. The van der Waals surface area contributed by atoms with Crippen LogP contribution in [0.3, 0.4) is 0 Å². The number of carboxylic acid groups (broad SMARTS) is 1. The molecule has 0 fully saturated rings. The number of thiophene rings is 1.